The molecule has 2 aromatic heterocycles. The van der Waals surface area contributed by atoms with Crippen LogP contribution < -0.4 is 15.4 Å². The average molecular weight is 540 g/mol. The maximum Gasteiger partial charge on any atom is 0.419 e. The SMILES string of the molecule is COc1ccc(C(=O)Nc2ccc(C)c(C3CCN(C)CC3)c2Nc2ncnc3[nH]ncc23)cc1C(F)(F)F. The Labute approximate surface area is 222 Å². The highest BCUT2D eigenvalue weighted by atomic mass is 19.4. The van der Waals surface area contributed by atoms with Crippen LogP contribution in [-0.2, 0) is 6.18 Å². The summed E-state index contributed by atoms with van der Waals surface area (Å²) in [5, 5.41) is 13.8. The van der Waals surface area contributed by atoms with E-state index in [0.29, 0.717) is 28.2 Å². The zero-order chi connectivity index (χ0) is 27.7. The van der Waals surface area contributed by atoms with Crippen LogP contribution in [0.4, 0.5) is 30.4 Å². The first-order valence-electron chi connectivity index (χ1n) is 12.5. The minimum absolute atomic E-state index is 0.144. The highest BCUT2D eigenvalue weighted by molar-refractivity contribution is 6.07. The lowest BCUT2D eigenvalue weighted by Crippen LogP contribution is -2.30. The Morgan fingerprint density at radius 1 is 1.15 bits per heavy atom. The van der Waals surface area contributed by atoms with Crippen LogP contribution in [0.5, 0.6) is 5.75 Å². The summed E-state index contributed by atoms with van der Waals surface area (Å²) in [5.74, 6) is -0.331. The molecule has 3 N–H and O–H groups in total. The lowest BCUT2D eigenvalue weighted by Gasteiger charge is -2.32. The van der Waals surface area contributed by atoms with E-state index in [0.717, 1.165) is 56.3 Å². The number of methoxy groups -OCH3 is 1. The van der Waals surface area contributed by atoms with E-state index in [1.54, 1.807) is 12.3 Å². The van der Waals surface area contributed by atoms with E-state index < -0.39 is 17.6 Å². The number of nitrogens with zero attached hydrogens (tertiary/aromatic N) is 4. The second-order valence-electron chi connectivity index (χ2n) is 9.64. The predicted octanol–water partition coefficient (Wildman–Crippen LogP) is 5.49. The van der Waals surface area contributed by atoms with Gasteiger partial charge in [0, 0.05) is 5.56 Å². The standard InChI is InChI=1S/C27H28F3N7O2/c1-15-4-6-20(34-26(38)17-5-7-21(39-3)19(12-17)27(28,29)30)23(22(15)16-8-10-37(2)11-9-16)35-24-18-13-33-36-25(18)32-14-31-24/h4-7,12-14,16H,8-11H2,1-3H3,(H,34,38)(H2,31,32,33,35,36). The van der Waals surface area contributed by atoms with Crippen molar-refractivity contribution in [1.82, 2.24) is 25.1 Å². The van der Waals surface area contributed by atoms with Crippen molar-refractivity contribution in [1.29, 1.82) is 0 Å². The quantitative estimate of drug-likeness (QED) is 0.297. The van der Waals surface area contributed by atoms with Crippen LogP contribution in [0, 0.1) is 6.92 Å². The van der Waals surface area contributed by atoms with Crippen molar-refractivity contribution < 1.29 is 22.7 Å². The number of piperidine rings is 1. The number of carbonyl (C=O) groups excluding carboxylic acids is 1. The fraction of sp³-hybridized carbons (Fsp3) is 0.333. The number of anilines is 3. The van der Waals surface area contributed by atoms with Crippen molar-refractivity contribution in [2.24, 2.45) is 0 Å². The fourth-order valence-corrected chi connectivity index (χ4v) is 5.03. The molecule has 204 valence electrons. The van der Waals surface area contributed by atoms with Gasteiger partial charge < -0.3 is 20.3 Å². The first kappa shape index (κ1) is 26.4. The van der Waals surface area contributed by atoms with Gasteiger partial charge in [0.2, 0.25) is 0 Å². The molecule has 1 saturated heterocycles. The highest BCUT2D eigenvalue weighted by Crippen LogP contribution is 2.42. The molecule has 39 heavy (non-hydrogen) atoms. The number of amides is 1. The smallest absolute Gasteiger partial charge is 0.419 e. The fourth-order valence-electron chi connectivity index (χ4n) is 5.03. The minimum atomic E-state index is -4.68. The summed E-state index contributed by atoms with van der Waals surface area (Å²) in [7, 11) is 3.24. The number of hydrogen-bond donors (Lipinski definition) is 3. The number of likely N-dealkylation sites (tertiary alicyclic amines) is 1. The molecule has 12 heteroatoms. The highest BCUT2D eigenvalue weighted by Gasteiger charge is 2.35. The summed E-state index contributed by atoms with van der Waals surface area (Å²) < 4.78 is 45.7. The third-order valence-corrected chi connectivity index (χ3v) is 7.10. The number of halogens is 3. The van der Waals surface area contributed by atoms with Gasteiger partial charge in [-0.1, -0.05) is 6.07 Å². The Hall–Kier alpha value is -4.19. The van der Waals surface area contributed by atoms with Gasteiger partial charge in [-0.2, -0.15) is 18.3 Å². The maximum atomic E-state index is 13.6. The Balaban J connectivity index is 1.57. The minimum Gasteiger partial charge on any atom is -0.496 e. The van der Waals surface area contributed by atoms with Crippen molar-refractivity contribution in [3.8, 4) is 5.75 Å². The zero-order valence-corrected chi connectivity index (χ0v) is 21.7. The Morgan fingerprint density at radius 2 is 1.92 bits per heavy atom. The van der Waals surface area contributed by atoms with Crippen LogP contribution in [0.2, 0.25) is 0 Å². The molecule has 1 aliphatic rings. The van der Waals surface area contributed by atoms with Gasteiger partial charge in [-0.15, -0.1) is 0 Å². The van der Waals surface area contributed by atoms with E-state index in [9.17, 15) is 18.0 Å². The molecule has 0 aliphatic carbocycles. The van der Waals surface area contributed by atoms with Gasteiger partial charge in [-0.3, -0.25) is 9.89 Å². The van der Waals surface area contributed by atoms with Gasteiger partial charge in [0.1, 0.15) is 17.9 Å². The molecule has 0 unspecified atom stereocenters. The number of aromatic amines is 1. The maximum absolute atomic E-state index is 13.6. The summed E-state index contributed by atoms with van der Waals surface area (Å²) in [6, 6.07) is 6.91. The molecule has 0 radical (unpaired) electrons. The van der Waals surface area contributed by atoms with Crippen molar-refractivity contribution in [3.63, 3.8) is 0 Å². The third kappa shape index (κ3) is 5.37. The third-order valence-electron chi connectivity index (χ3n) is 7.10. The van der Waals surface area contributed by atoms with E-state index in [1.165, 1.54) is 12.4 Å². The predicted molar refractivity (Wildman–Crippen MR) is 142 cm³/mol. The molecule has 1 amide bonds. The van der Waals surface area contributed by atoms with Crippen LogP contribution >= 0.6 is 0 Å². The number of H-pyrrole nitrogens is 1. The summed E-state index contributed by atoms with van der Waals surface area (Å²) >= 11 is 0. The van der Waals surface area contributed by atoms with Crippen molar-refractivity contribution in [3.05, 3.63) is 65.1 Å². The largest absolute Gasteiger partial charge is 0.496 e. The number of alkyl halides is 3. The monoisotopic (exact) mass is 539 g/mol. The summed E-state index contributed by atoms with van der Waals surface area (Å²) in [4.78, 5) is 24.1. The molecule has 1 aliphatic heterocycles. The van der Waals surface area contributed by atoms with Crippen molar-refractivity contribution in [2.45, 2.75) is 31.9 Å². The lowest BCUT2D eigenvalue weighted by molar-refractivity contribution is -0.138. The Kier molecular flexibility index (Phi) is 7.13. The first-order valence-corrected chi connectivity index (χ1v) is 12.5. The van der Waals surface area contributed by atoms with Gasteiger partial charge in [0.25, 0.3) is 5.91 Å². The zero-order valence-electron chi connectivity index (χ0n) is 21.7. The summed E-state index contributed by atoms with van der Waals surface area (Å²) in [5.41, 5.74) is 2.52. The van der Waals surface area contributed by atoms with Crippen LogP contribution in [0.1, 0.15) is 45.8 Å². The van der Waals surface area contributed by atoms with Crippen LogP contribution in [0.3, 0.4) is 0 Å². The molecule has 0 spiro atoms. The molecule has 9 nitrogen and oxygen atoms in total. The number of nitrogens with one attached hydrogen (secondary N) is 3. The number of ether oxygens (including phenoxy) is 1. The number of hydrogen-bond acceptors (Lipinski definition) is 7. The topological polar surface area (TPSA) is 108 Å². The molecule has 0 saturated carbocycles. The molecular formula is C27H28F3N7O2. The molecule has 5 rings (SSSR count). The molecule has 2 aromatic carbocycles. The number of carbonyl (C=O) groups is 1. The number of aromatic nitrogens is 4. The molecule has 0 bridgehead atoms. The van der Waals surface area contributed by atoms with E-state index in [1.807, 2.05) is 13.0 Å². The second-order valence-corrected chi connectivity index (χ2v) is 9.64. The van der Waals surface area contributed by atoms with Crippen molar-refractivity contribution in [2.75, 3.05) is 37.9 Å². The number of rotatable bonds is 6. The van der Waals surface area contributed by atoms with Gasteiger partial charge >= 0.3 is 6.18 Å². The molecule has 1 fully saturated rings. The van der Waals surface area contributed by atoms with Gasteiger partial charge in [-0.05, 0) is 81.2 Å². The van der Waals surface area contributed by atoms with E-state index in [4.69, 9.17) is 4.74 Å². The molecule has 3 heterocycles. The van der Waals surface area contributed by atoms with Crippen LogP contribution in [0.15, 0.2) is 42.9 Å². The number of aryl methyl sites for hydroxylation is 1. The number of benzene rings is 2. The van der Waals surface area contributed by atoms with Crippen molar-refractivity contribution >= 4 is 34.1 Å². The van der Waals surface area contributed by atoms with Crippen LogP contribution in [0.25, 0.3) is 11.0 Å². The Morgan fingerprint density at radius 3 is 2.64 bits per heavy atom. The van der Waals surface area contributed by atoms with Gasteiger partial charge in [-0.25, -0.2) is 9.97 Å². The van der Waals surface area contributed by atoms with Gasteiger partial charge in [0.15, 0.2) is 5.65 Å². The average Bonchev–Trinajstić information content (AvgIpc) is 3.40. The summed E-state index contributed by atoms with van der Waals surface area (Å²) in [6.07, 6.45) is 0.172. The van der Waals surface area contributed by atoms with E-state index >= 15 is 0 Å². The molecular weight excluding hydrogens is 511 g/mol. The first-order chi connectivity index (χ1) is 18.7. The molecule has 0 atom stereocenters. The number of fused-ring (bicyclic) bond motifs is 1. The lowest BCUT2D eigenvalue weighted by atomic mass is 9.85. The van der Waals surface area contributed by atoms with Crippen LogP contribution in [-0.4, -0.2) is 58.2 Å². The van der Waals surface area contributed by atoms with E-state index in [-0.39, 0.29) is 17.2 Å². The Bertz CT molecular complexity index is 1510. The second kappa shape index (κ2) is 10.5. The molecule has 4 aromatic rings. The summed E-state index contributed by atoms with van der Waals surface area (Å²) in [6.45, 7) is 3.86. The van der Waals surface area contributed by atoms with E-state index in [2.05, 4.69) is 42.7 Å². The van der Waals surface area contributed by atoms with Gasteiger partial charge in [0.05, 0.1) is 35.6 Å². The normalized spacial score (nSPS) is 14.9.